The van der Waals surface area contributed by atoms with E-state index < -0.39 is 12.6 Å². The first-order chi connectivity index (χ1) is 6.49. The summed E-state index contributed by atoms with van der Waals surface area (Å²) in [7, 11) is 0. The largest absolute Gasteiger partial charge is 0.389 e. The number of alkyl halides is 3. The highest BCUT2D eigenvalue weighted by molar-refractivity contribution is 8.07. The van der Waals surface area contributed by atoms with E-state index in [9.17, 15) is 18.0 Å². The van der Waals surface area contributed by atoms with Gasteiger partial charge in [0.15, 0.2) is 0 Å². The molecule has 0 amide bonds. The number of carbonyl (C=O) groups excluding carboxylic acids is 1. The molecule has 0 spiro atoms. The fourth-order valence-corrected chi connectivity index (χ4v) is 3.78. The van der Waals surface area contributed by atoms with Gasteiger partial charge >= 0.3 is 6.18 Å². The quantitative estimate of drug-likeness (QED) is 0.760. The molecule has 1 nitrogen and oxygen atoms in total. The first-order valence-electron chi connectivity index (χ1n) is 4.28. The number of halogens is 3. The zero-order chi connectivity index (χ0) is 10.6. The minimum Gasteiger partial charge on any atom is -0.298 e. The monoisotopic (exact) mass is 244 g/mol. The molecule has 0 N–H and O–H groups in total. The number of ketones is 1. The number of hydrogen-bond donors (Lipinski definition) is 0. The molecule has 14 heavy (non-hydrogen) atoms. The van der Waals surface area contributed by atoms with Crippen LogP contribution in [0.15, 0.2) is 0 Å². The molecular formula is C8H11F3OS2. The molecule has 1 fully saturated rings. The van der Waals surface area contributed by atoms with Crippen molar-refractivity contribution in [3.05, 3.63) is 0 Å². The number of carbonyl (C=O) groups is 1. The third-order valence-corrected chi connectivity index (χ3v) is 4.63. The van der Waals surface area contributed by atoms with Gasteiger partial charge in [0.25, 0.3) is 0 Å². The number of Topliss-reactive ketones (excluding diaryl/α,β-unsaturated/α-hetero) is 1. The van der Waals surface area contributed by atoms with E-state index in [1.54, 1.807) is 11.8 Å². The minimum atomic E-state index is -4.21. The van der Waals surface area contributed by atoms with Crippen LogP contribution in [0.3, 0.4) is 0 Å². The summed E-state index contributed by atoms with van der Waals surface area (Å²) in [6.07, 6.45) is -5.54. The predicted octanol–water partition coefficient (Wildman–Crippen LogP) is 2.75. The normalized spacial score (nSPS) is 23.5. The lowest BCUT2D eigenvalue weighted by Gasteiger charge is -2.19. The molecule has 1 unspecified atom stereocenters. The van der Waals surface area contributed by atoms with Crippen molar-refractivity contribution in [1.82, 2.24) is 0 Å². The third-order valence-electron chi connectivity index (χ3n) is 1.83. The molecule has 0 aliphatic carbocycles. The van der Waals surface area contributed by atoms with Gasteiger partial charge in [0, 0.05) is 23.7 Å². The van der Waals surface area contributed by atoms with Crippen LogP contribution in [0.5, 0.6) is 0 Å². The predicted molar refractivity (Wildman–Crippen MR) is 53.9 cm³/mol. The Morgan fingerprint density at radius 2 is 2.07 bits per heavy atom. The van der Waals surface area contributed by atoms with Gasteiger partial charge in [0.2, 0.25) is 0 Å². The van der Waals surface area contributed by atoms with Gasteiger partial charge in [-0.25, -0.2) is 0 Å². The Labute approximate surface area is 89.2 Å². The van der Waals surface area contributed by atoms with Crippen LogP contribution in [0.25, 0.3) is 0 Å². The highest BCUT2D eigenvalue weighted by Crippen LogP contribution is 2.28. The summed E-state index contributed by atoms with van der Waals surface area (Å²) in [6.45, 7) is 0. The Balaban J connectivity index is 2.27. The van der Waals surface area contributed by atoms with Crippen LogP contribution in [0.4, 0.5) is 13.2 Å². The number of rotatable bonds is 3. The number of thioether (sulfide) groups is 2. The molecule has 82 valence electrons. The van der Waals surface area contributed by atoms with Gasteiger partial charge in [-0.2, -0.15) is 24.9 Å². The van der Waals surface area contributed by atoms with E-state index in [4.69, 9.17) is 0 Å². The topological polar surface area (TPSA) is 17.1 Å². The van der Waals surface area contributed by atoms with Gasteiger partial charge in [-0.05, 0) is 0 Å². The maximum absolute atomic E-state index is 11.8. The molecule has 0 saturated carbocycles. The van der Waals surface area contributed by atoms with E-state index in [0.29, 0.717) is 5.75 Å². The molecule has 6 heteroatoms. The molecule has 1 atom stereocenters. The smallest absolute Gasteiger partial charge is 0.298 e. The van der Waals surface area contributed by atoms with Gasteiger partial charge in [-0.3, -0.25) is 4.79 Å². The summed E-state index contributed by atoms with van der Waals surface area (Å²) in [4.78, 5) is 11.3. The lowest BCUT2D eigenvalue weighted by molar-refractivity contribution is -0.142. The van der Waals surface area contributed by atoms with Crippen LogP contribution in [0.2, 0.25) is 0 Å². The molecule has 0 aromatic heterocycles. The first-order valence-corrected chi connectivity index (χ1v) is 6.48. The molecule has 0 bridgehead atoms. The van der Waals surface area contributed by atoms with Crippen molar-refractivity contribution >= 4 is 29.3 Å². The zero-order valence-electron chi connectivity index (χ0n) is 7.47. The van der Waals surface area contributed by atoms with Gasteiger partial charge in [0.1, 0.15) is 5.78 Å². The third kappa shape index (κ3) is 4.59. The highest BCUT2D eigenvalue weighted by atomic mass is 32.2. The zero-order valence-corrected chi connectivity index (χ0v) is 9.10. The van der Waals surface area contributed by atoms with Crippen LogP contribution in [-0.4, -0.2) is 34.5 Å². The second-order valence-corrected chi connectivity index (χ2v) is 5.48. The van der Waals surface area contributed by atoms with E-state index in [1.165, 1.54) is 11.8 Å². The lowest BCUT2D eigenvalue weighted by atomic mass is 10.2. The van der Waals surface area contributed by atoms with E-state index in [2.05, 4.69) is 0 Å². The Hall–Kier alpha value is 0.160. The van der Waals surface area contributed by atoms with Gasteiger partial charge in [-0.15, -0.1) is 11.8 Å². The van der Waals surface area contributed by atoms with Crippen LogP contribution in [0.1, 0.15) is 12.8 Å². The minimum absolute atomic E-state index is 0.212. The molecule has 1 aliphatic heterocycles. The van der Waals surface area contributed by atoms with Crippen molar-refractivity contribution in [2.75, 3.05) is 17.3 Å². The highest BCUT2D eigenvalue weighted by Gasteiger charge is 2.30. The average Bonchev–Trinajstić information content (AvgIpc) is 2.14. The fraction of sp³-hybridized carbons (Fsp3) is 0.875. The molecule has 1 heterocycles. The van der Waals surface area contributed by atoms with Gasteiger partial charge < -0.3 is 0 Å². The van der Waals surface area contributed by atoms with E-state index in [-0.39, 0.29) is 17.5 Å². The first kappa shape index (κ1) is 12.2. The van der Waals surface area contributed by atoms with Crippen molar-refractivity contribution in [2.45, 2.75) is 24.3 Å². The summed E-state index contributed by atoms with van der Waals surface area (Å²) in [5, 5.41) is -0.212. The summed E-state index contributed by atoms with van der Waals surface area (Å²) >= 11 is 3.13. The van der Waals surface area contributed by atoms with Crippen molar-refractivity contribution < 1.29 is 18.0 Å². The fourth-order valence-electron chi connectivity index (χ4n) is 1.10. The maximum Gasteiger partial charge on any atom is 0.389 e. The molecule has 1 aliphatic rings. The van der Waals surface area contributed by atoms with Crippen molar-refractivity contribution in [1.29, 1.82) is 0 Å². The molecule has 1 saturated heterocycles. The number of hydrogen-bond acceptors (Lipinski definition) is 3. The maximum atomic E-state index is 11.8. The SMILES string of the molecule is O=C(CCC(F)(F)F)C1CSCCS1. The van der Waals surface area contributed by atoms with Crippen molar-refractivity contribution in [3.63, 3.8) is 0 Å². The van der Waals surface area contributed by atoms with E-state index in [1.807, 2.05) is 0 Å². The van der Waals surface area contributed by atoms with Crippen LogP contribution in [0, 0.1) is 0 Å². The second kappa shape index (κ2) is 5.30. The van der Waals surface area contributed by atoms with Gasteiger partial charge in [0.05, 0.1) is 11.7 Å². The Morgan fingerprint density at radius 3 is 2.57 bits per heavy atom. The van der Waals surface area contributed by atoms with Crippen molar-refractivity contribution in [3.8, 4) is 0 Å². The molecule has 0 aromatic rings. The van der Waals surface area contributed by atoms with Crippen LogP contribution in [-0.2, 0) is 4.79 Å². The lowest BCUT2D eigenvalue weighted by Crippen LogP contribution is -2.25. The molecule has 1 rings (SSSR count). The summed E-state index contributed by atoms with van der Waals surface area (Å²) < 4.78 is 35.5. The summed E-state index contributed by atoms with van der Waals surface area (Å²) in [5.74, 6) is 2.28. The molecule has 0 radical (unpaired) electrons. The van der Waals surface area contributed by atoms with Gasteiger partial charge in [-0.1, -0.05) is 0 Å². The molecular weight excluding hydrogens is 233 g/mol. The molecule has 0 aromatic carbocycles. The Bertz CT molecular complexity index is 199. The van der Waals surface area contributed by atoms with Crippen LogP contribution >= 0.6 is 23.5 Å². The Morgan fingerprint density at radius 1 is 1.36 bits per heavy atom. The second-order valence-electron chi connectivity index (χ2n) is 3.02. The summed E-state index contributed by atoms with van der Waals surface area (Å²) in [6, 6.07) is 0. The van der Waals surface area contributed by atoms with E-state index in [0.717, 1.165) is 11.5 Å². The average molecular weight is 244 g/mol. The summed E-state index contributed by atoms with van der Waals surface area (Å²) in [5.41, 5.74) is 0. The van der Waals surface area contributed by atoms with Crippen molar-refractivity contribution in [2.24, 2.45) is 0 Å². The van der Waals surface area contributed by atoms with E-state index >= 15 is 0 Å². The van der Waals surface area contributed by atoms with Crippen LogP contribution < -0.4 is 0 Å². The standard InChI is InChI=1S/C8H11F3OS2/c9-8(10,11)2-1-6(12)7-5-13-3-4-14-7/h7H,1-5H2. The Kier molecular flexibility index (Phi) is 4.63.